The number of anilines is 4. The highest BCUT2D eigenvalue weighted by Crippen LogP contribution is 2.43. The summed E-state index contributed by atoms with van der Waals surface area (Å²) in [5, 5.41) is 12.4. The monoisotopic (exact) mass is 284 g/mol. The van der Waals surface area contributed by atoms with Crippen molar-refractivity contribution in [1.29, 1.82) is 0 Å². The van der Waals surface area contributed by atoms with E-state index in [9.17, 15) is 4.79 Å². The van der Waals surface area contributed by atoms with Crippen molar-refractivity contribution < 1.29 is 9.90 Å². The Kier molecular flexibility index (Phi) is 3.43. The molecular formula is C15H16N4O2. The Morgan fingerprint density at radius 2 is 2.10 bits per heavy atom. The molecule has 0 saturated carbocycles. The molecule has 1 atom stereocenters. The van der Waals surface area contributed by atoms with Gasteiger partial charge in [0, 0.05) is 18.4 Å². The lowest BCUT2D eigenvalue weighted by atomic mass is 10.1. The van der Waals surface area contributed by atoms with Crippen LogP contribution in [0.5, 0.6) is 0 Å². The van der Waals surface area contributed by atoms with E-state index in [0.717, 1.165) is 11.4 Å². The molecule has 0 amide bonds. The molecule has 6 heteroatoms. The molecule has 0 spiro atoms. The van der Waals surface area contributed by atoms with E-state index in [1.165, 1.54) is 0 Å². The number of carboxylic acids is 1. The van der Waals surface area contributed by atoms with Crippen LogP contribution in [0.3, 0.4) is 0 Å². The number of nitrogens with zero attached hydrogens (tertiary/aromatic N) is 3. The van der Waals surface area contributed by atoms with Gasteiger partial charge in [-0.25, -0.2) is 9.97 Å². The van der Waals surface area contributed by atoms with Crippen LogP contribution in [0.1, 0.15) is 19.8 Å². The Balaban J connectivity index is 2.11. The lowest BCUT2D eigenvalue weighted by Gasteiger charge is -2.36. The van der Waals surface area contributed by atoms with Gasteiger partial charge in [-0.1, -0.05) is 19.1 Å². The largest absolute Gasteiger partial charge is 0.481 e. The Morgan fingerprint density at radius 1 is 1.33 bits per heavy atom. The van der Waals surface area contributed by atoms with Crippen molar-refractivity contribution >= 4 is 29.0 Å². The summed E-state index contributed by atoms with van der Waals surface area (Å²) in [6.07, 6.45) is 4.00. The summed E-state index contributed by atoms with van der Waals surface area (Å²) in [5.41, 5.74) is 1.84. The van der Waals surface area contributed by atoms with Crippen molar-refractivity contribution in [3.8, 4) is 0 Å². The van der Waals surface area contributed by atoms with Gasteiger partial charge in [0.05, 0.1) is 17.8 Å². The van der Waals surface area contributed by atoms with E-state index in [1.54, 1.807) is 12.4 Å². The molecule has 3 rings (SSSR count). The number of hydrogen-bond acceptors (Lipinski definition) is 5. The van der Waals surface area contributed by atoms with Crippen molar-refractivity contribution in [1.82, 2.24) is 9.97 Å². The van der Waals surface area contributed by atoms with Crippen molar-refractivity contribution in [2.75, 3.05) is 10.2 Å². The molecule has 0 bridgehead atoms. The van der Waals surface area contributed by atoms with Crippen molar-refractivity contribution in [2.24, 2.45) is 0 Å². The molecule has 2 aromatic rings. The van der Waals surface area contributed by atoms with E-state index in [2.05, 4.69) is 15.3 Å². The summed E-state index contributed by atoms with van der Waals surface area (Å²) in [6.45, 7) is 1.98. The van der Waals surface area contributed by atoms with Gasteiger partial charge in [0.2, 0.25) is 0 Å². The highest BCUT2D eigenvalue weighted by molar-refractivity contribution is 5.89. The molecule has 0 radical (unpaired) electrons. The summed E-state index contributed by atoms with van der Waals surface area (Å²) in [5.74, 6) is 0.507. The predicted octanol–water partition coefficient (Wildman–Crippen LogP) is 2.93. The fraction of sp³-hybridized carbons (Fsp3) is 0.267. The second-order valence-corrected chi connectivity index (χ2v) is 4.90. The average molecular weight is 284 g/mol. The smallest absolute Gasteiger partial charge is 0.305 e. The number of carbonyl (C=O) groups is 1. The molecule has 1 aromatic heterocycles. The number of benzene rings is 1. The minimum Gasteiger partial charge on any atom is -0.481 e. The van der Waals surface area contributed by atoms with Crippen LogP contribution in [-0.2, 0) is 4.79 Å². The van der Waals surface area contributed by atoms with Gasteiger partial charge in [0.25, 0.3) is 0 Å². The van der Waals surface area contributed by atoms with Crippen LogP contribution in [0.15, 0.2) is 36.7 Å². The second-order valence-electron chi connectivity index (χ2n) is 4.90. The summed E-state index contributed by atoms with van der Waals surface area (Å²) < 4.78 is 0. The number of hydrogen-bond donors (Lipinski definition) is 2. The van der Waals surface area contributed by atoms with Crippen LogP contribution in [0.2, 0.25) is 0 Å². The predicted molar refractivity (Wildman–Crippen MR) is 80.2 cm³/mol. The summed E-state index contributed by atoms with van der Waals surface area (Å²) in [7, 11) is 0. The lowest BCUT2D eigenvalue weighted by molar-refractivity contribution is -0.137. The first-order chi connectivity index (χ1) is 10.2. The Bertz CT molecular complexity index is 629. The molecule has 21 heavy (non-hydrogen) atoms. The quantitative estimate of drug-likeness (QED) is 0.898. The van der Waals surface area contributed by atoms with E-state index in [0.29, 0.717) is 18.1 Å². The van der Waals surface area contributed by atoms with Crippen molar-refractivity contribution in [2.45, 2.75) is 25.8 Å². The third kappa shape index (κ3) is 2.40. The fourth-order valence-electron chi connectivity index (χ4n) is 2.62. The molecular weight excluding hydrogens is 268 g/mol. The van der Waals surface area contributed by atoms with Gasteiger partial charge in [0.15, 0.2) is 11.6 Å². The molecule has 1 aromatic carbocycles. The van der Waals surface area contributed by atoms with E-state index in [1.807, 2.05) is 36.1 Å². The zero-order valence-corrected chi connectivity index (χ0v) is 11.7. The Labute approximate surface area is 122 Å². The average Bonchev–Trinajstić information content (AvgIpc) is 2.50. The van der Waals surface area contributed by atoms with Crippen molar-refractivity contribution in [3.05, 3.63) is 36.7 Å². The van der Waals surface area contributed by atoms with Gasteiger partial charge in [0.1, 0.15) is 0 Å². The van der Waals surface area contributed by atoms with Crippen LogP contribution in [0.25, 0.3) is 0 Å². The molecule has 2 N–H and O–H groups in total. The molecule has 1 aliphatic heterocycles. The molecule has 0 aliphatic carbocycles. The van der Waals surface area contributed by atoms with Gasteiger partial charge in [-0.05, 0) is 18.6 Å². The van der Waals surface area contributed by atoms with Crippen LogP contribution < -0.4 is 10.2 Å². The molecule has 6 nitrogen and oxygen atoms in total. The highest BCUT2D eigenvalue weighted by Gasteiger charge is 2.30. The standard InChI is InChI=1S/C15H16N4O2/c1-2-10(9-13(20)21)19-12-6-4-3-5-11(12)18-14-15(19)17-8-7-16-14/h3-8,10H,2,9H2,1H3,(H,16,18)(H,20,21). The topological polar surface area (TPSA) is 78.4 Å². The second kappa shape index (κ2) is 5.40. The number of aliphatic carboxylic acids is 1. The molecule has 2 heterocycles. The number of fused-ring (bicyclic) bond motifs is 2. The maximum atomic E-state index is 11.2. The zero-order valence-electron chi connectivity index (χ0n) is 11.7. The maximum Gasteiger partial charge on any atom is 0.305 e. The maximum absolute atomic E-state index is 11.2. The van der Waals surface area contributed by atoms with Gasteiger partial charge < -0.3 is 15.3 Å². The Hall–Kier alpha value is -2.63. The third-order valence-electron chi connectivity index (χ3n) is 3.57. The van der Waals surface area contributed by atoms with Crippen molar-refractivity contribution in [3.63, 3.8) is 0 Å². The first-order valence-corrected chi connectivity index (χ1v) is 6.88. The SMILES string of the molecule is CCC(CC(=O)O)N1c2ccccc2Nc2nccnc21. The first-order valence-electron chi connectivity index (χ1n) is 6.88. The summed E-state index contributed by atoms with van der Waals surface area (Å²) in [4.78, 5) is 21.8. The summed E-state index contributed by atoms with van der Waals surface area (Å²) >= 11 is 0. The number of carboxylic acid groups (broad SMARTS) is 1. The highest BCUT2D eigenvalue weighted by atomic mass is 16.4. The fourth-order valence-corrected chi connectivity index (χ4v) is 2.62. The zero-order chi connectivity index (χ0) is 14.8. The number of aromatic nitrogens is 2. The third-order valence-corrected chi connectivity index (χ3v) is 3.57. The van der Waals surface area contributed by atoms with E-state index in [-0.39, 0.29) is 12.5 Å². The van der Waals surface area contributed by atoms with E-state index < -0.39 is 5.97 Å². The van der Waals surface area contributed by atoms with Gasteiger partial charge in [-0.2, -0.15) is 0 Å². The number of para-hydroxylation sites is 2. The normalized spacial score (nSPS) is 13.9. The minimum absolute atomic E-state index is 0.0564. The first kappa shape index (κ1) is 13.4. The van der Waals surface area contributed by atoms with Gasteiger partial charge in [-0.15, -0.1) is 0 Å². The summed E-state index contributed by atoms with van der Waals surface area (Å²) in [6, 6.07) is 7.62. The minimum atomic E-state index is -0.816. The molecule has 0 fully saturated rings. The Morgan fingerprint density at radius 3 is 2.86 bits per heavy atom. The van der Waals surface area contributed by atoms with Gasteiger partial charge in [-0.3, -0.25) is 4.79 Å². The van der Waals surface area contributed by atoms with Crippen LogP contribution in [0, 0.1) is 0 Å². The molecule has 1 unspecified atom stereocenters. The molecule has 108 valence electrons. The number of rotatable bonds is 4. The number of nitrogens with one attached hydrogen (secondary N) is 1. The van der Waals surface area contributed by atoms with Crippen LogP contribution in [-0.4, -0.2) is 27.1 Å². The van der Waals surface area contributed by atoms with E-state index >= 15 is 0 Å². The lowest BCUT2D eigenvalue weighted by Crippen LogP contribution is -2.36. The molecule has 1 aliphatic rings. The van der Waals surface area contributed by atoms with Gasteiger partial charge >= 0.3 is 5.97 Å². The van der Waals surface area contributed by atoms with E-state index in [4.69, 9.17) is 5.11 Å². The van der Waals surface area contributed by atoms with Crippen LogP contribution in [0.4, 0.5) is 23.0 Å². The van der Waals surface area contributed by atoms with Crippen LogP contribution >= 0.6 is 0 Å². The molecule has 0 saturated heterocycles.